The van der Waals surface area contributed by atoms with Crippen molar-refractivity contribution < 1.29 is 14.3 Å². The molecule has 1 atom stereocenters. The van der Waals surface area contributed by atoms with E-state index in [1.165, 1.54) is 10.9 Å². The number of carbonyl (C=O) groups is 2. The van der Waals surface area contributed by atoms with E-state index in [2.05, 4.69) is 32.0 Å². The van der Waals surface area contributed by atoms with Crippen molar-refractivity contribution in [3.8, 4) is 17.5 Å². The number of hydrogen-bond acceptors (Lipinski definition) is 7. The van der Waals surface area contributed by atoms with Crippen LogP contribution >= 0.6 is 11.6 Å². The highest BCUT2D eigenvalue weighted by molar-refractivity contribution is 6.31. The second-order valence-corrected chi connectivity index (χ2v) is 8.43. The van der Waals surface area contributed by atoms with Crippen molar-refractivity contribution in [2.45, 2.75) is 25.9 Å². The molecule has 2 heterocycles. The Hall–Kier alpha value is -3.97. The Morgan fingerprint density at radius 1 is 1.24 bits per heavy atom. The lowest BCUT2D eigenvalue weighted by atomic mass is 9.75. The minimum Gasteiger partial charge on any atom is -0.441 e. The van der Waals surface area contributed by atoms with Gasteiger partial charge in [-0.25, -0.2) is 9.48 Å². The number of aryl methyl sites for hydroxylation is 1. The topological polar surface area (TPSA) is 135 Å². The third kappa shape index (κ3) is 5.00. The molecule has 0 saturated heterocycles. The van der Waals surface area contributed by atoms with E-state index in [1.807, 2.05) is 6.07 Å². The lowest BCUT2D eigenvalue weighted by molar-refractivity contribution is -0.123. The molecule has 11 heteroatoms. The molecule has 1 aliphatic rings. The standard InChI is InChI=1S/C23H22ClN7O3/c1-13(17-5-3-4-6-18(17)24)34-23(33)28-21-20(29-30-31(21)2)19-8-7-16(12-26-19)27-22(32)15-9-14(10-15)11-25/h3-8,12-15H,9-10H2,1-2H3,(H,27,32)(H,28,33)/t13-,14-,15+/m1/s1. The predicted molar refractivity (Wildman–Crippen MR) is 125 cm³/mol. The highest BCUT2D eigenvalue weighted by Crippen LogP contribution is 2.34. The molecule has 2 amide bonds. The smallest absolute Gasteiger partial charge is 0.413 e. The van der Waals surface area contributed by atoms with Gasteiger partial charge >= 0.3 is 6.09 Å². The highest BCUT2D eigenvalue weighted by atomic mass is 35.5. The van der Waals surface area contributed by atoms with Crippen LogP contribution in [0.25, 0.3) is 11.4 Å². The predicted octanol–water partition coefficient (Wildman–Crippen LogP) is 4.33. The normalized spacial score (nSPS) is 17.7. The van der Waals surface area contributed by atoms with Gasteiger partial charge in [0.25, 0.3) is 0 Å². The van der Waals surface area contributed by atoms with Gasteiger partial charge in [0, 0.05) is 29.5 Å². The second-order valence-electron chi connectivity index (χ2n) is 8.02. The number of hydrogen-bond donors (Lipinski definition) is 2. The number of nitrogens with one attached hydrogen (secondary N) is 2. The third-order valence-electron chi connectivity index (χ3n) is 5.64. The maximum absolute atomic E-state index is 12.5. The number of nitrogens with zero attached hydrogens (tertiary/aromatic N) is 5. The molecule has 1 aliphatic carbocycles. The first-order valence-corrected chi connectivity index (χ1v) is 11.0. The van der Waals surface area contributed by atoms with Crippen LogP contribution in [0.15, 0.2) is 42.6 Å². The summed E-state index contributed by atoms with van der Waals surface area (Å²) >= 11 is 6.18. The lowest BCUT2D eigenvalue weighted by Crippen LogP contribution is -2.33. The average molecular weight is 480 g/mol. The van der Waals surface area contributed by atoms with Gasteiger partial charge in [-0.1, -0.05) is 35.0 Å². The lowest BCUT2D eigenvalue weighted by Gasteiger charge is -2.29. The van der Waals surface area contributed by atoms with Crippen molar-refractivity contribution in [2.24, 2.45) is 18.9 Å². The fraction of sp³-hybridized carbons (Fsp3) is 0.304. The molecule has 34 heavy (non-hydrogen) atoms. The number of rotatable bonds is 6. The first kappa shape index (κ1) is 23.2. The van der Waals surface area contributed by atoms with Crippen LogP contribution in [-0.2, 0) is 16.6 Å². The average Bonchev–Trinajstić information content (AvgIpc) is 3.13. The number of ether oxygens (including phenoxy) is 1. The SMILES string of the molecule is C[C@@H](OC(=O)Nc1c(-c2ccc(NC(=O)[C@H]3C[C@@H](C#N)C3)cn2)nnn1C)c1ccccc1Cl. The van der Waals surface area contributed by atoms with E-state index in [1.54, 1.807) is 44.3 Å². The fourth-order valence-electron chi connectivity index (χ4n) is 3.61. The molecule has 10 nitrogen and oxygen atoms in total. The number of halogens is 1. The maximum atomic E-state index is 12.5. The van der Waals surface area contributed by atoms with E-state index in [-0.39, 0.29) is 17.7 Å². The van der Waals surface area contributed by atoms with Gasteiger partial charge in [-0.05, 0) is 38.0 Å². The third-order valence-corrected chi connectivity index (χ3v) is 5.98. The van der Waals surface area contributed by atoms with E-state index < -0.39 is 12.2 Å². The van der Waals surface area contributed by atoms with Crippen LogP contribution in [-0.4, -0.2) is 32.0 Å². The number of benzene rings is 1. The Balaban J connectivity index is 1.41. The molecule has 0 bridgehead atoms. The van der Waals surface area contributed by atoms with Gasteiger partial charge < -0.3 is 10.1 Å². The molecular formula is C23H22ClN7O3. The molecule has 4 rings (SSSR count). The highest BCUT2D eigenvalue weighted by Gasteiger charge is 2.34. The molecule has 3 aromatic rings. The van der Waals surface area contributed by atoms with Gasteiger partial charge in [0.15, 0.2) is 11.5 Å². The van der Waals surface area contributed by atoms with Gasteiger partial charge in [0.2, 0.25) is 5.91 Å². The Kier molecular flexibility index (Phi) is 6.75. The zero-order valence-electron chi connectivity index (χ0n) is 18.5. The van der Waals surface area contributed by atoms with Crippen molar-refractivity contribution in [1.82, 2.24) is 20.0 Å². The van der Waals surface area contributed by atoms with Crippen molar-refractivity contribution in [2.75, 3.05) is 10.6 Å². The summed E-state index contributed by atoms with van der Waals surface area (Å²) in [5.74, 6) is -0.0200. The van der Waals surface area contributed by atoms with Crippen molar-refractivity contribution in [1.29, 1.82) is 5.26 Å². The van der Waals surface area contributed by atoms with Crippen LogP contribution in [0.1, 0.15) is 31.4 Å². The fourth-order valence-corrected chi connectivity index (χ4v) is 3.90. The maximum Gasteiger partial charge on any atom is 0.413 e. The van der Waals surface area contributed by atoms with Crippen LogP contribution in [0.3, 0.4) is 0 Å². The second kappa shape index (κ2) is 9.89. The van der Waals surface area contributed by atoms with Gasteiger partial charge in [-0.3, -0.25) is 15.1 Å². The summed E-state index contributed by atoms with van der Waals surface area (Å²) in [4.78, 5) is 29.1. The van der Waals surface area contributed by atoms with Crippen molar-refractivity contribution in [3.63, 3.8) is 0 Å². The summed E-state index contributed by atoms with van der Waals surface area (Å²) in [5, 5.41) is 22.9. The van der Waals surface area contributed by atoms with Crippen molar-refractivity contribution >= 4 is 35.1 Å². The number of anilines is 2. The van der Waals surface area contributed by atoms with Crippen LogP contribution < -0.4 is 10.6 Å². The van der Waals surface area contributed by atoms with Gasteiger partial charge in [0.05, 0.1) is 23.6 Å². The summed E-state index contributed by atoms with van der Waals surface area (Å²) in [7, 11) is 1.63. The van der Waals surface area contributed by atoms with Crippen molar-refractivity contribution in [3.05, 3.63) is 53.2 Å². The molecule has 0 radical (unpaired) electrons. The van der Waals surface area contributed by atoms with E-state index in [0.29, 0.717) is 46.3 Å². The molecular weight excluding hydrogens is 458 g/mol. The summed E-state index contributed by atoms with van der Waals surface area (Å²) in [6.45, 7) is 1.72. The molecule has 0 unspecified atom stereocenters. The number of pyridine rings is 1. The Morgan fingerprint density at radius 3 is 2.68 bits per heavy atom. The molecule has 0 aliphatic heterocycles. The largest absolute Gasteiger partial charge is 0.441 e. The summed E-state index contributed by atoms with van der Waals surface area (Å²) in [6.07, 6.45) is 1.39. The zero-order valence-corrected chi connectivity index (χ0v) is 19.3. The van der Waals surface area contributed by atoms with E-state index in [4.69, 9.17) is 21.6 Å². The van der Waals surface area contributed by atoms with Crippen LogP contribution in [0.4, 0.5) is 16.3 Å². The molecule has 2 N–H and O–H groups in total. The number of carbonyl (C=O) groups excluding carboxylic acids is 2. The van der Waals surface area contributed by atoms with Crippen LogP contribution in [0, 0.1) is 23.2 Å². The Morgan fingerprint density at radius 2 is 2.00 bits per heavy atom. The van der Waals surface area contributed by atoms with Gasteiger partial charge in [0.1, 0.15) is 6.10 Å². The van der Waals surface area contributed by atoms with Crippen LogP contribution in [0.2, 0.25) is 5.02 Å². The quantitative estimate of drug-likeness (QED) is 0.537. The Bertz CT molecular complexity index is 1250. The molecule has 2 aromatic heterocycles. The molecule has 0 spiro atoms. The molecule has 1 aromatic carbocycles. The summed E-state index contributed by atoms with van der Waals surface area (Å²) < 4.78 is 6.86. The summed E-state index contributed by atoms with van der Waals surface area (Å²) in [5.41, 5.74) is 2.01. The molecule has 174 valence electrons. The first-order chi connectivity index (χ1) is 16.4. The molecule has 1 saturated carbocycles. The first-order valence-electron chi connectivity index (χ1n) is 10.6. The monoisotopic (exact) mass is 479 g/mol. The minimum absolute atomic E-state index is 0.0433. The molecule has 1 fully saturated rings. The van der Waals surface area contributed by atoms with E-state index in [9.17, 15) is 9.59 Å². The number of nitriles is 1. The summed E-state index contributed by atoms with van der Waals surface area (Å²) in [6, 6.07) is 12.7. The number of amides is 2. The zero-order chi connectivity index (χ0) is 24.2. The van der Waals surface area contributed by atoms with Gasteiger partial charge in [-0.2, -0.15) is 5.26 Å². The van der Waals surface area contributed by atoms with Gasteiger partial charge in [-0.15, -0.1) is 5.10 Å². The van der Waals surface area contributed by atoms with Crippen LogP contribution in [0.5, 0.6) is 0 Å². The minimum atomic E-state index is -0.695. The number of aromatic nitrogens is 4. The van der Waals surface area contributed by atoms with E-state index >= 15 is 0 Å². The van der Waals surface area contributed by atoms with E-state index in [0.717, 1.165) is 0 Å². The Labute approximate surface area is 200 Å².